The summed E-state index contributed by atoms with van der Waals surface area (Å²) in [6, 6.07) is 34.0. The van der Waals surface area contributed by atoms with Gasteiger partial charge in [0.1, 0.15) is 0 Å². The van der Waals surface area contributed by atoms with Crippen LogP contribution < -0.4 is 0 Å². The quantitative estimate of drug-likeness (QED) is 0.0682. The summed E-state index contributed by atoms with van der Waals surface area (Å²) in [5, 5.41) is 5.17. The lowest BCUT2D eigenvalue weighted by Gasteiger charge is -2.17. The predicted molar refractivity (Wildman–Crippen MR) is 216 cm³/mol. The van der Waals surface area contributed by atoms with E-state index >= 15 is 0 Å². The summed E-state index contributed by atoms with van der Waals surface area (Å²) in [6.45, 7) is 14.0. The first kappa shape index (κ1) is 41.0. The molecule has 2 heterocycles. The second-order valence-electron chi connectivity index (χ2n) is 11.4. The Balaban J connectivity index is 0.000000188. The summed E-state index contributed by atoms with van der Waals surface area (Å²) in [6.07, 6.45) is 2.19. The van der Waals surface area contributed by atoms with Crippen LogP contribution in [0.5, 0.6) is 0 Å². The maximum Gasteiger partial charge on any atom is 0.332 e. The van der Waals surface area contributed by atoms with Gasteiger partial charge in [0.25, 0.3) is 0 Å². The molecule has 0 aliphatic rings. The van der Waals surface area contributed by atoms with Gasteiger partial charge in [-0.05, 0) is 71.7 Å². The summed E-state index contributed by atoms with van der Waals surface area (Å²) in [5.74, 6) is 0.709. The minimum absolute atomic E-state index is 0.409. The van der Waals surface area contributed by atoms with Crippen molar-refractivity contribution in [3.8, 4) is 0 Å². The smallest absolute Gasteiger partial charge is 0.332 e. The molecule has 2 aromatic heterocycles. The topological polar surface area (TPSA) is 73.1 Å². The summed E-state index contributed by atoms with van der Waals surface area (Å²) >= 11 is 5.81. The van der Waals surface area contributed by atoms with Gasteiger partial charge >= 0.3 is 16.2 Å². The van der Waals surface area contributed by atoms with Gasteiger partial charge in [-0.2, -0.15) is 0 Å². The molecule has 0 radical (unpaired) electrons. The molecule has 51 heavy (non-hydrogen) atoms. The highest BCUT2D eigenvalue weighted by atomic mass is 35.5. The Morgan fingerprint density at radius 2 is 0.863 bits per heavy atom. The molecule has 0 aliphatic carbocycles. The van der Waals surface area contributed by atoms with Gasteiger partial charge in [-0.1, -0.05) is 72.8 Å². The minimum Gasteiger partial charge on any atom is -0.340 e. The SMILES string of the molecule is CCOP(=O)(CCCn1c2ccccc2c2ccccc21)OCC.CCOP(OCC)OCC.ClCCCn1c2ccccc2c2ccccc21. The third-order valence-corrected chi connectivity index (χ3v) is 11.9. The van der Waals surface area contributed by atoms with E-state index in [1.54, 1.807) is 0 Å². The third kappa shape index (κ3) is 11.1. The van der Waals surface area contributed by atoms with Crippen LogP contribution >= 0.6 is 27.8 Å². The number of alkyl halides is 1. The summed E-state index contributed by atoms with van der Waals surface area (Å²) in [4.78, 5) is 0. The molecule has 6 rings (SSSR count). The Kier molecular flexibility index (Phi) is 17.4. The number of aryl methyl sites for hydroxylation is 2. The van der Waals surface area contributed by atoms with Crippen LogP contribution in [0.1, 0.15) is 47.5 Å². The molecule has 0 bridgehead atoms. The van der Waals surface area contributed by atoms with Gasteiger partial charge in [0.15, 0.2) is 0 Å². The molecule has 0 atom stereocenters. The lowest BCUT2D eigenvalue weighted by atomic mass is 10.2. The Hall–Kier alpha value is -2.77. The number of hydrogen-bond donors (Lipinski definition) is 0. The van der Waals surface area contributed by atoms with Crippen LogP contribution in [0.15, 0.2) is 97.1 Å². The van der Waals surface area contributed by atoms with Crippen LogP contribution in [0.2, 0.25) is 0 Å². The summed E-state index contributed by atoms with van der Waals surface area (Å²) in [5.41, 5.74) is 5.03. The van der Waals surface area contributed by atoms with E-state index in [2.05, 4.69) is 106 Å². The average Bonchev–Trinajstić information content (AvgIpc) is 3.64. The van der Waals surface area contributed by atoms with Crippen molar-refractivity contribution in [2.45, 2.75) is 60.5 Å². The third-order valence-electron chi connectivity index (χ3n) is 8.04. The Morgan fingerprint density at radius 1 is 0.529 bits per heavy atom. The number of benzene rings is 4. The van der Waals surface area contributed by atoms with Crippen LogP contribution in [0.4, 0.5) is 0 Å². The molecular weight excluding hydrogens is 702 g/mol. The number of aromatic nitrogens is 2. The first-order valence-corrected chi connectivity index (χ1v) is 21.4. The molecule has 0 amide bonds. The second-order valence-corrected chi connectivity index (χ2v) is 15.2. The van der Waals surface area contributed by atoms with Gasteiger partial charge in [0, 0.05) is 62.6 Å². The number of para-hydroxylation sites is 4. The minimum atomic E-state index is -2.97. The Labute approximate surface area is 309 Å². The Bertz CT molecular complexity index is 1830. The standard InChI is InChI=1S/C19H24NO3P.C15H14ClN.C6H15O3P/c1-3-22-24(21,23-4-2)15-9-14-20-18-12-7-5-10-16(18)17-11-6-8-13-19(17)20;16-10-5-11-17-14-8-3-1-6-12(14)13-7-2-4-9-15(13)17;1-4-7-10(8-5-2)9-6-3/h5-8,10-13H,3-4,9,14-15H2,1-2H3;1-4,6-9H,5,10-11H2;4-6H2,1-3H3. The predicted octanol–water partition coefficient (Wildman–Crippen LogP) is 12.2. The molecule has 0 saturated carbocycles. The van der Waals surface area contributed by atoms with Crippen molar-refractivity contribution in [2.24, 2.45) is 0 Å². The normalized spacial score (nSPS) is 11.7. The van der Waals surface area contributed by atoms with Crippen molar-refractivity contribution in [1.29, 1.82) is 0 Å². The molecule has 0 N–H and O–H groups in total. The van der Waals surface area contributed by atoms with E-state index in [1.807, 2.05) is 34.6 Å². The zero-order chi connectivity index (χ0) is 36.5. The highest BCUT2D eigenvalue weighted by molar-refractivity contribution is 7.53. The van der Waals surface area contributed by atoms with Crippen LogP contribution in [-0.2, 0) is 40.3 Å². The van der Waals surface area contributed by atoms with Gasteiger partial charge in [-0.15, -0.1) is 11.6 Å². The van der Waals surface area contributed by atoms with Crippen molar-refractivity contribution in [1.82, 2.24) is 9.13 Å². The number of hydrogen-bond acceptors (Lipinski definition) is 6. The summed E-state index contributed by atoms with van der Waals surface area (Å²) in [7, 11) is -4.03. The van der Waals surface area contributed by atoms with E-state index in [0.29, 0.717) is 45.1 Å². The van der Waals surface area contributed by atoms with Crippen LogP contribution in [0, 0.1) is 0 Å². The molecule has 276 valence electrons. The van der Waals surface area contributed by atoms with E-state index in [9.17, 15) is 4.57 Å². The molecule has 8 nitrogen and oxygen atoms in total. The average molecular weight is 755 g/mol. The van der Waals surface area contributed by atoms with Gasteiger partial charge in [0.2, 0.25) is 0 Å². The monoisotopic (exact) mass is 754 g/mol. The molecule has 0 aliphatic heterocycles. The van der Waals surface area contributed by atoms with Gasteiger partial charge in [-0.3, -0.25) is 4.57 Å². The molecule has 4 aromatic carbocycles. The zero-order valence-corrected chi connectivity index (χ0v) is 33.2. The van der Waals surface area contributed by atoms with Crippen molar-refractivity contribution in [3.63, 3.8) is 0 Å². The van der Waals surface area contributed by atoms with Crippen LogP contribution in [-0.4, -0.2) is 54.2 Å². The molecule has 0 fully saturated rings. The maximum atomic E-state index is 12.6. The molecule has 0 spiro atoms. The van der Waals surface area contributed by atoms with Crippen molar-refractivity contribution >= 4 is 71.4 Å². The van der Waals surface area contributed by atoms with Gasteiger partial charge in [-0.25, -0.2) is 0 Å². The highest BCUT2D eigenvalue weighted by Crippen LogP contribution is 2.48. The fourth-order valence-corrected chi connectivity index (χ4v) is 8.74. The molecule has 6 aromatic rings. The molecule has 0 saturated heterocycles. The van der Waals surface area contributed by atoms with Gasteiger partial charge < -0.3 is 31.8 Å². The zero-order valence-electron chi connectivity index (χ0n) is 30.6. The lowest BCUT2D eigenvalue weighted by molar-refractivity contribution is 0.176. The summed E-state index contributed by atoms with van der Waals surface area (Å²) < 4.78 is 43.5. The fraction of sp³-hybridized carbons (Fsp3) is 0.400. The number of fused-ring (bicyclic) bond motifs is 6. The number of halogens is 1. The van der Waals surface area contributed by atoms with E-state index < -0.39 is 16.2 Å². The highest BCUT2D eigenvalue weighted by Gasteiger charge is 2.23. The van der Waals surface area contributed by atoms with Crippen LogP contribution in [0.25, 0.3) is 43.6 Å². The molecule has 0 unspecified atom stereocenters. The lowest BCUT2D eigenvalue weighted by Crippen LogP contribution is -2.04. The van der Waals surface area contributed by atoms with Crippen molar-refractivity contribution in [2.75, 3.05) is 45.1 Å². The fourth-order valence-electron chi connectivity index (χ4n) is 6.12. The van der Waals surface area contributed by atoms with E-state index in [-0.39, 0.29) is 0 Å². The van der Waals surface area contributed by atoms with E-state index in [1.165, 1.54) is 43.6 Å². The second kappa shape index (κ2) is 21.7. The number of rotatable bonds is 17. The van der Waals surface area contributed by atoms with Crippen LogP contribution in [0.3, 0.4) is 0 Å². The van der Waals surface area contributed by atoms with Crippen molar-refractivity contribution in [3.05, 3.63) is 97.1 Å². The van der Waals surface area contributed by atoms with E-state index in [4.69, 9.17) is 34.2 Å². The number of nitrogens with zero attached hydrogens (tertiary/aromatic N) is 2. The largest absolute Gasteiger partial charge is 0.340 e. The first-order chi connectivity index (χ1) is 24.9. The van der Waals surface area contributed by atoms with Crippen molar-refractivity contribution < 1.29 is 27.2 Å². The Morgan fingerprint density at radius 3 is 1.18 bits per heavy atom. The maximum absolute atomic E-state index is 12.6. The molecule has 11 heteroatoms. The van der Waals surface area contributed by atoms with E-state index in [0.717, 1.165) is 25.9 Å². The van der Waals surface area contributed by atoms with Gasteiger partial charge in [0.05, 0.1) is 39.2 Å². The molecular formula is C40H53ClN2O6P2. The first-order valence-electron chi connectivity index (χ1n) is 18.0.